The van der Waals surface area contributed by atoms with Gasteiger partial charge in [-0.1, -0.05) is 60.7 Å². The Balaban J connectivity index is 1.08. The Kier molecular flexibility index (Phi) is 8.71. The maximum atomic E-state index is 4.99. The molecule has 10 aromatic rings. The summed E-state index contributed by atoms with van der Waals surface area (Å²) in [7, 11) is -3.08. The first kappa shape index (κ1) is 33.8. The smallest absolute Gasteiger partial charge is 0.0615 e. The molecule has 5 heteroatoms. The summed E-state index contributed by atoms with van der Waals surface area (Å²) >= 11 is 1.82. The number of aromatic nitrogens is 3. The number of hydrogen-bond acceptors (Lipinski definition) is 4. The van der Waals surface area contributed by atoms with Gasteiger partial charge in [0.1, 0.15) is 0 Å². The third-order valence-corrected chi connectivity index (χ3v) is 17.7. The van der Waals surface area contributed by atoms with E-state index < -0.39 is 8.07 Å². The van der Waals surface area contributed by atoms with Gasteiger partial charge in [0.2, 0.25) is 0 Å². The van der Waals surface area contributed by atoms with Gasteiger partial charge in [-0.15, -0.1) is 0 Å². The van der Waals surface area contributed by atoms with Crippen molar-refractivity contribution >= 4 is 60.3 Å². The molecular formula is C51H36N3SSi-. The summed E-state index contributed by atoms with van der Waals surface area (Å²) < 4.78 is 2.46. The van der Waals surface area contributed by atoms with Gasteiger partial charge in [0.05, 0.1) is 0 Å². The van der Waals surface area contributed by atoms with E-state index in [9.17, 15) is 0 Å². The average molecular weight is 751 g/mol. The summed E-state index contributed by atoms with van der Waals surface area (Å²) in [6.45, 7) is 0. The standard InChI is InChI=1S/C51H36N3SSi/c1-6-17-36(18-7-1)49-52-50(37-19-8-2-9-20-37)54-51(53-49)40-30-32-46-45-31-29-39(34-47(45)55-48(46)35-40)38-21-16-28-44(33-38)56(41-22-10-3-11-23-41,42-24-12-4-13-25-42)43-26-14-5-15-27-43/h1-35,56H/q-1. The quantitative estimate of drug-likeness (QED) is 0.115. The van der Waals surface area contributed by atoms with E-state index in [-0.39, 0.29) is 0 Å². The molecular weight excluding hydrogens is 715 g/mol. The van der Waals surface area contributed by atoms with Gasteiger partial charge in [0, 0.05) is 11.1 Å². The Morgan fingerprint density at radius 2 is 0.643 bits per heavy atom. The summed E-state index contributed by atoms with van der Waals surface area (Å²) in [6, 6.07) is 76.6. The molecule has 0 aliphatic rings. The minimum absolute atomic E-state index is 0.664. The van der Waals surface area contributed by atoms with Crippen LogP contribution in [0.15, 0.2) is 212 Å². The van der Waals surface area contributed by atoms with Crippen molar-refractivity contribution in [1.82, 2.24) is 15.0 Å². The van der Waals surface area contributed by atoms with E-state index >= 15 is 0 Å². The van der Waals surface area contributed by atoms with Crippen LogP contribution >= 0.6 is 11.3 Å². The average Bonchev–Trinajstić information content (AvgIpc) is 3.66. The molecule has 0 aliphatic heterocycles. The predicted molar refractivity (Wildman–Crippen MR) is 239 cm³/mol. The predicted octanol–water partition coefficient (Wildman–Crippen LogP) is 10.0. The van der Waals surface area contributed by atoms with E-state index in [4.69, 9.17) is 15.0 Å². The molecule has 0 spiro atoms. The van der Waals surface area contributed by atoms with E-state index in [1.807, 2.05) is 72.0 Å². The molecule has 0 amide bonds. The monoisotopic (exact) mass is 750 g/mol. The molecule has 0 bridgehead atoms. The molecule has 10 rings (SSSR count). The molecule has 0 N–H and O–H groups in total. The van der Waals surface area contributed by atoms with Gasteiger partial charge >= 0.3 is 244 Å². The Morgan fingerprint density at radius 1 is 0.286 bits per heavy atom. The molecule has 0 saturated heterocycles. The number of hydrogen-bond donors (Lipinski definition) is 0. The Morgan fingerprint density at radius 3 is 1.12 bits per heavy atom. The second-order valence-electron chi connectivity index (χ2n) is 14.3. The zero-order valence-electron chi connectivity index (χ0n) is 30.5. The number of thiophene rings is 1. The van der Waals surface area contributed by atoms with Gasteiger partial charge < -0.3 is 0 Å². The number of nitrogens with zero attached hydrogens (tertiary/aromatic N) is 3. The first-order chi connectivity index (χ1) is 27.7. The van der Waals surface area contributed by atoms with E-state index in [1.54, 1.807) is 0 Å². The van der Waals surface area contributed by atoms with Crippen molar-refractivity contribution in [3.63, 3.8) is 0 Å². The Labute approximate surface area is 331 Å². The van der Waals surface area contributed by atoms with E-state index in [2.05, 4.69) is 152 Å². The van der Waals surface area contributed by atoms with Crippen LogP contribution in [0.5, 0.6) is 0 Å². The van der Waals surface area contributed by atoms with Crippen LogP contribution in [0.1, 0.15) is 0 Å². The van der Waals surface area contributed by atoms with Crippen LogP contribution in [0.3, 0.4) is 0 Å². The third-order valence-electron chi connectivity index (χ3n) is 11.0. The van der Waals surface area contributed by atoms with E-state index in [0.717, 1.165) is 16.7 Å². The summed E-state index contributed by atoms with van der Waals surface area (Å²) in [4.78, 5) is 14.9. The minimum Gasteiger partial charge on any atom is -0.0615 e. The minimum atomic E-state index is -3.08. The Bertz CT molecular complexity index is 2800. The second-order valence-corrected chi connectivity index (χ2v) is 19.8. The number of rotatable bonds is 8. The van der Waals surface area contributed by atoms with Crippen LogP contribution in [-0.4, -0.2) is 23.0 Å². The summed E-state index contributed by atoms with van der Waals surface area (Å²) in [5, 5.41) is 8.08. The molecule has 0 radical (unpaired) electrons. The van der Waals surface area contributed by atoms with Crippen molar-refractivity contribution in [2.45, 2.75) is 0 Å². The van der Waals surface area contributed by atoms with Gasteiger partial charge in [-0.05, 0) is 0 Å². The molecule has 0 saturated carbocycles. The second kappa shape index (κ2) is 14.5. The van der Waals surface area contributed by atoms with Crippen LogP contribution in [0, 0.1) is 0 Å². The van der Waals surface area contributed by atoms with Crippen LogP contribution in [0.25, 0.3) is 65.5 Å². The SMILES string of the molecule is c1ccc(-c2nc(-c3ccccc3)nc(-c3ccc4c(c3)sc3cc(-c5cccc([SiH-](c6ccccc6)(c6ccccc6)c6ccccc6)c5)ccc34)n2)cc1. The summed E-state index contributed by atoms with van der Waals surface area (Å²) in [5.74, 6) is 1.99. The molecule has 0 fully saturated rings. The van der Waals surface area contributed by atoms with Crippen LogP contribution < -0.4 is 20.7 Å². The fraction of sp³-hybridized carbons (Fsp3) is 0. The topological polar surface area (TPSA) is 38.7 Å². The fourth-order valence-electron chi connectivity index (χ4n) is 8.40. The fourth-order valence-corrected chi connectivity index (χ4v) is 15.1. The maximum absolute atomic E-state index is 4.99. The van der Waals surface area contributed by atoms with Gasteiger partial charge in [-0.25, -0.2) is 4.98 Å². The molecule has 2 aromatic heterocycles. The van der Waals surface area contributed by atoms with Crippen molar-refractivity contribution in [3.05, 3.63) is 212 Å². The van der Waals surface area contributed by atoms with Crippen LogP contribution in [0.2, 0.25) is 0 Å². The van der Waals surface area contributed by atoms with Crippen molar-refractivity contribution in [2.75, 3.05) is 0 Å². The van der Waals surface area contributed by atoms with Gasteiger partial charge in [0.15, 0.2) is 11.6 Å². The third kappa shape index (κ3) is 6.04. The molecule has 266 valence electrons. The molecule has 2 heterocycles. The zero-order valence-corrected chi connectivity index (χ0v) is 32.5. The first-order valence-corrected chi connectivity index (χ1v) is 22.1. The summed E-state index contributed by atoms with van der Waals surface area (Å²) in [5.41, 5.74) is 5.33. The van der Waals surface area contributed by atoms with Gasteiger partial charge in [-0.2, -0.15) is 0 Å². The van der Waals surface area contributed by atoms with Crippen molar-refractivity contribution < 1.29 is 0 Å². The number of fused-ring (bicyclic) bond motifs is 3. The van der Waals surface area contributed by atoms with Crippen LogP contribution in [0.4, 0.5) is 0 Å². The van der Waals surface area contributed by atoms with Crippen molar-refractivity contribution in [1.29, 1.82) is 0 Å². The normalized spacial score (nSPS) is 11.9. The molecule has 0 atom stereocenters. The molecule has 0 aliphatic carbocycles. The van der Waals surface area contributed by atoms with E-state index in [0.29, 0.717) is 17.5 Å². The summed E-state index contributed by atoms with van der Waals surface area (Å²) in [6.07, 6.45) is 0. The van der Waals surface area contributed by atoms with E-state index in [1.165, 1.54) is 52.0 Å². The number of benzene rings is 8. The van der Waals surface area contributed by atoms with Crippen LogP contribution in [-0.2, 0) is 0 Å². The molecule has 56 heavy (non-hydrogen) atoms. The molecule has 8 aromatic carbocycles. The van der Waals surface area contributed by atoms with Gasteiger partial charge in [0.25, 0.3) is 0 Å². The molecule has 0 unspecified atom stereocenters. The Hall–Kier alpha value is -6.79. The first-order valence-electron chi connectivity index (χ1n) is 19.0. The zero-order chi connectivity index (χ0) is 37.3. The van der Waals surface area contributed by atoms with Gasteiger partial charge in [-0.3, -0.25) is 0 Å². The molecule has 3 nitrogen and oxygen atoms in total. The van der Waals surface area contributed by atoms with Crippen molar-refractivity contribution in [2.24, 2.45) is 0 Å². The van der Waals surface area contributed by atoms with Crippen molar-refractivity contribution in [3.8, 4) is 45.3 Å².